The number of aryl methyl sites for hydroxylation is 1. The van der Waals surface area contributed by atoms with E-state index in [1.54, 1.807) is 17.1 Å². The third-order valence-electron chi connectivity index (χ3n) is 3.61. The number of hydrogen-bond acceptors (Lipinski definition) is 2. The van der Waals surface area contributed by atoms with E-state index < -0.39 is 0 Å². The summed E-state index contributed by atoms with van der Waals surface area (Å²) in [5, 5.41) is 8.04. The Morgan fingerprint density at radius 3 is 2.95 bits per heavy atom. The molecule has 0 radical (unpaired) electrons. The molecule has 3 aromatic rings. The van der Waals surface area contributed by atoms with Crippen LogP contribution >= 0.6 is 0 Å². The second kappa shape index (κ2) is 4.85. The Kier molecular flexibility index (Phi) is 3.02. The molecule has 0 saturated heterocycles. The highest BCUT2D eigenvalue weighted by atomic mass is 16.1. The van der Waals surface area contributed by atoms with Crippen LogP contribution in [0.15, 0.2) is 36.7 Å². The van der Waals surface area contributed by atoms with Crippen molar-refractivity contribution in [3.05, 3.63) is 53.5 Å². The molecule has 1 aromatic carbocycles. The van der Waals surface area contributed by atoms with E-state index in [2.05, 4.69) is 15.4 Å². The van der Waals surface area contributed by atoms with Crippen molar-refractivity contribution in [2.75, 3.05) is 0 Å². The molecule has 0 unspecified atom stereocenters. The van der Waals surface area contributed by atoms with E-state index in [4.69, 9.17) is 0 Å². The largest absolute Gasteiger partial charge is 0.360 e. The summed E-state index contributed by atoms with van der Waals surface area (Å²) in [7, 11) is 1.89. The normalized spacial score (nSPS) is 10.9. The quantitative estimate of drug-likeness (QED) is 0.764. The zero-order chi connectivity index (χ0) is 14.1. The van der Waals surface area contributed by atoms with Crippen LogP contribution in [0.3, 0.4) is 0 Å². The van der Waals surface area contributed by atoms with Crippen LogP contribution in [0.5, 0.6) is 0 Å². The molecule has 0 aliphatic rings. The van der Waals surface area contributed by atoms with Gasteiger partial charge in [-0.1, -0.05) is 18.2 Å². The summed E-state index contributed by atoms with van der Waals surface area (Å²) in [6.07, 6.45) is 3.53. The van der Waals surface area contributed by atoms with Gasteiger partial charge in [0.2, 0.25) is 0 Å². The van der Waals surface area contributed by atoms with E-state index in [0.29, 0.717) is 12.1 Å². The van der Waals surface area contributed by atoms with Gasteiger partial charge < -0.3 is 10.3 Å². The van der Waals surface area contributed by atoms with Gasteiger partial charge >= 0.3 is 0 Å². The molecule has 5 nitrogen and oxygen atoms in total. The molecule has 0 aliphatic heterocycles. The van der Waals surface area contributed by atoms with Crippen LogP contribution in [-0.4, -0.2) is 20.7 Å². The van der Waals surface area contributed by atoms with E-state index in [-0.39, 0.29) is 5.91 Å². The number of aromatic nitrogens is 3. The van der Waals surface area contributed by atoms with E-state index in [1.165, 1.54) is 0 Å². The van der Waals surface area contributed by atoms with Gasteiger partial charge in [0.05, 0.1) is 11.8 Å². The Morgan fingerprint density at radius 2 is 2.20 bits per heavy atom. The van der Waals surface area contributed by atoms with Gasteiger partial charge in [-0.25, -0.2) is 0 Å². The minimum absolute atomic E-state index is 0.0781. The van der Waals surface area contributed by atoms with Gasteiger partial charge in [-0.2, -0.15) is 5.10 Å². The zero-order valence-corrected chi connectivity index (χ0v) is 11.5. The summed E-state index contributed by atoms with van der Waals surface area (Å²) in [4.78, 5) is 15.4. The number of para-hydroxylation sites is 1. The van der Waals surface area contributed by atoms with Crippen LogP contribution in [0.25, 0.3) is 10.9 Å². The van der Waals surface area contributed by atoms with Crippen molar-refractivity contribution in [3.8, 4) is 0 Å². The van der Waals surface area contributed by atoms with Gasteiger partial charge in [-0.3, -0.25) is 9.48 Å². The van der Waals surface area contributed by atoms with Crippen LogP contribution in [0.2, 0.25) is 0 Å². The Hall–Kier alpha value is -2.56. The molecule has 2 aromatic heterocycles. The molecule has 0 fully saturated rings. The topological polar surface area (TPSA) is 62.7 Å². The highest BCUT2D eigenvalue weighted by Crippen LogP contribution is 2.17. The summed E-state index contributed by atoms with van der Waals surface area (Å²) in [6.45, 7) is 2.47. The fraction of sp³-hybridized carbons (Fsp3) is 0.200. The number of H-pyrrole nitrogens is 1. The Bertz CT molecular complexity index is 769. The zero-order valence-electron chi connectivity index (χ0n) is 11.5. The number of rotatable bonds is 3. The first-order valence-corrected chi connectivity index (χ1v) is 6.48. The Morgan fingerprint density at radius 1 is 1.40 bits per heavy atom. The summed E-state index contributed by atoms with van der Waals surface area (Å²) in [6, 6.07) is 7.77. The molecule has 20 heavy (non-hydrogen) atoms. The van der Waals surface area contributed by atoms with Crippen LogP contribution in [0.4, 0.5) is 0 Å². The molecule has 2 N–H and O–H groups in total. The van der Waals surface area contributed by atoms with E-state index in [0.717, 1.165) is 22.2 Å². The SMILES string of the molecule is Cc1c(CNC(=O)c2c[nH]c3ccccc23)cnn1C. The summed E-state index contributed by atoms with van der Waals surface area (Å²) in [5.74, 6) is -0.0781. The van der Waals surface area contributed by atoms with E-state index in [1.807, 2.05) is 38.2 Å². The number of aromatic amines is 1. The molecular formula is C15H16N4O. The molecule has 5 heteroatoms. The van der Waals surface area contributed by atoms with Gasteiger partial charge in [0, 0.05) is 41.9 Å². The number of hydrogen-bond donors (Lipinski definition) is 2. The summed E-state index contributed by atoms with van der Waals surface area (Å²) < 4.78 is 1.80. The van der Waals surface area contributed by atoms with Gasteiger partial charge in [0.15, 0.2) is 0 Å². The molecule has 0 spiro atoms. The minimum Gasteiger partial charge on any atom is -0.360 e. The molecule has 0 aliphatic carbocycles. The first-order valence-electron chi connectivity index (χ1n) is 6.48. The highest BCUT2D eigenvalue weighted by Gasteiger charge is 2.12. The van der Waals surface area contributed by atoms with Crippen molar-refractivity contribution in [3.63, 3.8) is 0 Å². The average Bonchev–Trinajstić information content (AvgIpc) is 3.02. The van der Waals surface area contributed by atoms with Crippen LogP contribution in [-0.2, 0) is 13.6 Å². The highest BCUT2D eigenvalue weighted by molar-refractivity contribution is 6.06. The maximum atomic E-state index is 12.3. The monoisotopic (exact) mass is 268 g/mol. The Balaban J connectivity index is 1.78. The molecule has 0 saturated carbocycles. The molecule has 0 bridgehead atoms. The molecule has 2 heterocycles. The van der Waals surface area contributed by atoms with Crippen molar-refractivity contribution in [1.82, 2.24) is 20.1 Å². The maximum Gasteiger partial charge on any atom is 0.253 e. The number of carbonyl (C=O) groups is 1. The third kappa shape index (κ3) is 2.07. The average molecular weight is 268 g/mol. The van der Waals surface area contributed by atoms with Crippen LogP contribution in [0.1, 0.15) is 21.6 Å². The summed E-state index contributed by atoms with van der Waals surface area (Å²) in [5.41, 5.74) is 3.72. The molecule has 0 atom stereocenters. The van der Waals surface area contributed by atoms with E-state index in [9.17, 15) is 4.79 Å². The lowest BCUT2D eigenvalue weighted by Gasteiger charge is -2.04. The fourth-order valence-corrected chi connectivity index (χ4v) is 2.25. The first-order chi connectivity index (χ1) is 9.66. The lowest BCUT2D eigenvalue weighted by Crippen LogP contribution is -2.22. The third-order valence-corrected chi connectivity index (χ3v) is 3.61. The van der Waals surface area contributed by atoms with Crippen molar-refractivity contribution in [2.24, 2.45) is 7.05 Å². The molecule has 3 rings (SSSR count). The van der Waals surface area contributed by atoms with Crippen molar-refractivity contribution in [1.29, 1.82) is 0 Å². The molecular weight excluding hydrogens is 252 g/mol. The van der Waals surface area contributed by atoms with Crippen molar-refractivity contribution in [2.45, 2.75) is 13.5 Å². The number of carbonyl (C=O) groups excluding carboxylic acids is 1. The first kappa shape index (κ1) is 12.5. The second-order valence-corrected chi connectivity index (χ2v) is 4.81. The predicted molar refractivity (Wildman–Crippen MR) is 77.4 cm³/mol. The Labute approximate surface area is 116 Å². The number of amides is 1. The molecule has 102 valence electrons. The fourth-order valence-electron chi connectivity index (χ4n) is 2.25. The minimum atomic E-state index is -0.0781. The smallest absolute Gasteiger partial charge is 0.253 e. The number of nitrogens with zero attached hydrogens (tertiary/aromatic N) is 2. The van der Waals surface area contributed by atoms with Crippen LogP contribution in [0, 0.1) is 6.92 Å². The lowest BCUT2D eigenvalue weighted by molar-refractivity contribution is 0.0952. The van der Waals surface area contributed by atoms with E-state index >= 15 is 0 Å². The standard InChI is InChI=1S/C15H16N4O/c1-10-11(8-18-19(10)2)7-17-15(20)13-9-16-14-6-4-3-5-12(13)14/h3-6,8-9,16H,7H2,1-2H3,(H,17,20). The van der Waals surface area contributed by atoms with Crippen molar-refractivity contribution < 1.29 is 4.79 Å². The van der Waals surface area contributed by atoms with Gasteiger partial charge in [0.1, 0.15) is 0 Å². The number of nitrogens with one attached hydrogen (secondary N) is 2. The number of fused-ring (bicyclic) bond motifs is 1. The maximum absolute atomic E-state index is 12.3. The summed E-state index contributed by atoms with van der Waals surface area (Å²) >= 11 is 0. The van der Waals surface area contributed by atoms with Crippen molar-refractivity contribution >= 4 is 16.8 Å². The van der Waals surface area contributed by atoms with Gasteiger partial charge in [0.25, 0.3) is 5.91 Å². The predicted octanol–water partition coefficient (Wildman–Crippen LogP) is 2.14. The number of benzene rings is 1. The lowest BCUT2D eigenvalue weighted by atomic mass is 10.1. The van der Waals surface area contributed by atoms with Gasteiger partial charge in [-0.05, 0) is 13.0 Å². The van der Waals surface area contributed by atoms with Gasteiger partial charge in [-0.15, -0.1) is 0 Å². The van der Waals surface area contributed by atoms with Crippen LogP contribution < -0.4 is 5.32 Å². The second-order valence-electron chi connectivity index (χ2n) is 4.81. The molecule has 1 amide bonds.